The average Bonchev–Trinajstić information content (AvgIpc) is 2.20. The summed E-state index contributed by atoms with van der Waals surface area (Å²) in [5.41, 5.74) is 0.992. The Morgan fingerprint density at radius 1 is 1.57 bits per heavy atom. The zero-order valence-corrected chi connectivity index (χ0v) is 8.64. The molecule has 3 heteroatoms. The summed E-state index contributed by atoms with van der Waals surface area (Å²) in [5, 5.41) is 9.34. The number of ketones is 1. The van der Waals surface area contributed by atoms with Crippen molar-refractivity contribution in [3.63, 3.8) is 0 Å². The fraction of sp³-hybridized carbons (Fsp3) is 0.182. The van der Waals surface area contributed by atoms with Crippen LogP contribution in [0.5, 0.6) is 5.75 Å². The van der Waals surface area contributed by atoms with E-state index in [-0.39, 0.29) is 16.6 Å². The van der Waals surface area contributed by atoms with Crippen LogP contribution in [0, 0.1) is 0 Å². The van der Waals surface area contributed by atoms with Crippen LogP contribution in [0.2, 0.25) is 5.02 Å². The van der Waals surface area contributed by atoms with Gasteiger partial charge in [-0.15, -0.1) is 0 Å². The van der Waals surface area contributed by atoms with Crippen molar-refractivity contribution in [3.05, 3.63) is 40.9 Å². The summed E-state index contributed by atoms with van der Waals surface area (Å²) in [4.78, 5) is 11.6. The molecule has 1 N–H and O–H groups in total. The molecule has 0 amide bonds. The van der Waals surface area contributed by atoms with Gasteiger partial charge in [0, 0.05) is 5.56 Å². The molecule has 0 saturated heterocycles. The van der Waals surface area contributed by atoms with Gasteiger partial charge in [0.05, 0.1) is 5.02 Å². The molecule has 0 radical (unpaired) electrons. The summed E-state index contributed by atoms with van der Waals surface area (Å²) in [7, 11) is 0. The topological polar surface area (TPSA) is 37.3 Å². The van der Waals surface area contributed by atoms with Gasteiger partial charge in [-0.3, -0.25) is 4.79 Å². The first kappa shape index (κ1) is 10.8. The van der Waals surface area contributed by atoms with Crippen LogP contribution in [0.4, 0.5) is 0 Å². The van der Waals surface area contributed by atoms with Gasteiger partial charge in [-0.2, -0.15) is 0 Å². The van der Waals surface area contributed by atoms with Gasteiger partial charge in [0.25, 0.3) is 0 Å². The number of aromatic hydroxyl groups is 1. The lowest BCUT2D eigenvalue weighted by Crippen LogP contribution is -2.01. The standard InChI is InChI=1S/C11H11ClO2/c1-3-7(2)11(14)8-4-5-10(13)9(12)6-8/h4-6,13H,2-3H2,1H3. The van der Waals surface area contributed by atoms with Gasteiger partial charge in [0.2, 0.25) is 0 Å². The lowest BCUT2D eigenvalue weighted by Gasteiger charge is -2.03. The monoisotopic (exact) mass is 210 g/mol. The summed E-state index contributed by atoms with van der Waals surface area (Å²) in [6, 6.07) is 4.38. The summed E-state index contributed by atoms with van der Waals surface area (Å²) < 4.78 is 0. The molecule has 0 aliphatic carbocycles. The number of rotatable bonds is 3. The largest absolute Gasteiger partial charge is 0.506 e. The van der Waals surface area contributed by atoms with E-state index < -0.39 is 0 Å². The Morgan fingerprint density at radius 3 is 2.71 bits per heavy atom. The Labute approximate surface area is 87.8 Å². The molecule has 0 aliphatic heterocycles. The van der Waals surface area contributed by atoms with Crippen LogP contribution in [0.3, 0.4) is 0 Å². The lowest BCUT2D eigenvalue weighted by molar-refractivity contribution is 0.103. The second kappa shape index (κ2) is 4.29. The highest BCUT2D eigenvalue weighted by atomic mass is 35.5. The maximum Gasteiger partial charge on any atom is 0.188 e. The molecule has 0 aromatic heterocycles. The number of hydrogen-bond donors (Lipinski definition) is 1. The highest BCUT2D eigenvalue weighted by Crippen LogP contribution is 2.24. The molecular formula is C11H11ClO2. The van der Waals surface area contributed by atoms with Gasteiger partial charge in [-0.05, 0) is 30.2 Å². The van der Waals surface area contributed by atoms with Crippen molar-refractivity contribution in [2.75, 3.05) is 0 Å². The SMILES string of the molecule is C=C(CC)C(=O)c1ccc(O)c(Cl)c1. The lowest BCUT2D eigenvalue weighted by atomic mass is 10.0. The van der Waals surface area contributed by atoms with E-state index in [4.69, 9.17) is 16.7 Å². The summed E-state index contributed by atoms with van der Waals surface area (Å²) in [6.07, 6.45) is 0.608. The van der Waals surface area contributed by atoms with Crippen molar-refractivity contribution < 1.29 is 9.90 Å². The number of carbonyl (C=O) groups is 1. The first-order valence-electron chi connectivity index (χ1n) is 4.27. The van der Waals surface area contributed by atoms with Crippen molar-refractivity contribution in [2.24, 2.45) is 0 Å². The smallest absolute Gasteiger partial charge is 0.188 e. The first-order chi connectivity index (χ1) is 6.56. The Balaban J connectivity index is 3.03. The second-order valence-corrected chi connectivity index (χ2v) is 3.36. The van der Waals surface area contributed by atoms with Crippen molar-refractivity contribution in [1.82, 2.24) is 0 Å². The van der Waals surface area contributed by atoms with E-state index in [1.165, 1.54) is 18.2 Å². The number of carbonyl (C=O) groups excluding carboxylic acids is 1. The third-order valence-corrected chi connectivity index (χ3v) is 2.26. The van der Waals surface area contributed by atoms with Gasteiger partial charge >= 0.3 is 0 Å². The van der Waals surface area contributed by atoms with Crippen LogP contribution in [-0.4, -0.2) is 10.9 Å². The normalized spacial score (nSPS) is 9.86. The number of benzene rings is 1. The Hall–Kier alpha value is -1.28. The van der Waals surface area contributed by atoms with Gasteiger partial charge in [0.1, 0.15) is 5.75 Å². The van der Waals surface area contributed by atoms with Crippen LogP contribution >= 0.6 is 11.6 Å². The molecule has 1 aromatic rings. The van der Waals surface area contributed by atoms with Crippen LogP contribution in [0.15, 0.2) is 30.4 Å². The number of Topliss-reactive ketones (excluding diaryl/α,β-unsaturated/α-hetero) is 1. The molecular weight excluding hydrogens is 200 g/mol. The third-order valence-electron chi connectivity index (χ3n) is 1.96. The number of phenols is 1. The molecule has 2 nitrogen and oxygen atoms in total. The zero-order chi connectivity index (χ0) is 10.7. The maximum atomic E-state index is 11.6. The molecule has 0 fully saturated rings. The predicted molar refractivity (Wildman–Crippen MR) is 56.9 cm³/mol. The van der Waals surface area contributed by atoms with E-state index in [2.05, 4.69) is 6.58 Å². The van der Waals surface area contributed by atoms with Gasteiger partial charge < -0.3 is 5.11 Å². The van der Waals surface area contributed by atoms with Gasteiger partial charge in [-0.25, -0.2) is 0 Å². The number of allylic oxidation sites excluding steroid dienone is 1. The van der Waals surface area contributed by atoms with E-state index in [9.17, 15) is 4.79 Å². The minimum Gasteiger partial charge on any atom is -0.506 e. The highest BCUT2D eigenvalue weighted by Gasteiger charge is 2.10. The molecule has 0 spiro atoms. The van der Waals surface area contributed by atoms with E-state index in [0.717, 1.165) is 0 Å². The Morgan fingerprint density at radius 2 is 2.21 bits per heavy atom. The summed E-state index contributed by atoms with van der Waals surface area (Å²) in [6.45, 7) is 5.51. The molecule has 0 saturated carbocycles. The van der Waals surface area contributed by atoms with Gasteiger partial charge in [0.15, 0.2) is 5.78 Å². The number of hydrogen-bond acceptors (Lipinski definition) is 2. The van der Waals surface area contributed by atoms with Crippen molar-refractivity contribution in [2.45, 2.75) is 13.3 Å². The van der Waals surface area contributed by atoms with Crippen LogP contribution in [0.1, 0.15) is 23.7 Å². The van der Waals surface area contributed by atoms with Gasteiger partial charge in [-0.1, -0.05) is 25.1 Å². The summed E-state index contributed by atoms with van der Waals surface area (Å²) in [5.74, 6) is -0.153. The fourth-order valence-electron chi connectivity index (χ4n) is 1.01. The van der Waals surface area contributed by atoms with Crippen LogP contribution in [0.25, 0.3) is 0 Å². The zero-order valence-electron chi connectivity index (χ0n) is 7.88. The molecule has 0 atom stereocenters. The van der Waals surface area contributed by atoms with Crippen molar-refractivity contribution in [1.29, 1.82) is 0 Å². The maximum absolute atomic E-state index is 11.6. The second-order valence-electron chi connectivity index (χ2n) is 2.95. The average molecular weight is 211 g/mol. The highest BCUT2D eigenvalue weighted by molar-refractivity contribution is 6.32. The fourth-order valence-corrected chi connectivity index (χ4v) is 1.19. The minimum absolute atomic E-state index is 0.0228. The molecule has 0 bridgehead atoms. The van der Waals surface area contributed by atoms with Crippen molar-refractivity contribution >= 4 is 17.4 Å². The van der Waals surface area contributed by atoms with Crippen LogP contribution < -0.4 is 0 Å². The van der Waals surface area contributed by atoms with E-state index >= 15 is 0 Å². The van der Waals surface area contributed by atoms with Crippen molar-refractivity contribution in [3.8, 4) is 5.75 Å². The molecule has 0 aliphatic rings. The third kappa shape index (κ3) is 2.15. The Bertz CT molecular complexity index is 383. The van der Waals surface area contributed by atoms with E-state index in [1.807, 2.05) is 6.92 Å². The molecule has 1 aromatic carbocycles. The quantitative estimate of drug-likeness (QED) is 0.615. The molecule has 14 heavy (non-hydrogen) atoms. The minimum atomic E-state index is -0.130. The van der Waals surface area contributed by atoms with Crippen LogP contribution in [-0.2, 0) is 0 Å². The molecule has 74 valence electrons. The molecule has 0 heterocycles. The number of phenolic OH excluding ortho intramolecular Hbond substituents is 1. The number of halogens is 1. The predicted octanol–water partition coefficient (Wildman–Crippen LogP) is 3.19. The first-order valence-corrected chi connectivity index (χ1v) is 4.65. The summed E-state index contributed by atoms with van der Waals surface area (Å²) >= 11 is 5.67. The molecule has 0 unspecified atom stereocenters. The Kier molecular flexibility index (Phi) is 3.31. The van der Waals surface area contributed by atoms with E-state index in [1.54, 1.807) is 0 Å². The molecule has 1 rings (SSSR count). The van der Waals surface area contributed by atoms with E-state index in [0.29, 0.717) is 17.6 Å².